The van der Waals surface area contributed by atoms with Crippen LogP contribution in [0.5, 0.6) is 5.75 Å². The Hall–Kier alpha value is -3.10. The number of rotatable bonds is 11. The number of nitrogens with one attached hydrogen (secondary N) is 3. The van der Waals surface area contributed by atoms with Gasteiger partial charge in [0.15, 0.2) is 0 Å². The summed E-state index contributed by atoms with van der Waals surface area (Å²) in [5.74, 6) is -2.12. The van der Waals surface area contributed by atoms with Gasteiger partial charge >= 0.3 is 0 Å². The van der Waals surface area contributed by atoms with Gasteiger partial charge in [-0.05, 0) is 30.0 Å². The minimum Gasteiger partial charge on any atom is -0.508 e. The average molecular weight is 421 g/mol. The standard InChI is InChI=1S/C21H32N4O5/c1-12(2)9-16(24-19(28)13(3)4)21(30)25-17(20(29)23-11-18(22)27)10-14-5-7-15(26)8-6-14/h5-8,12-13,16-17,26H,9-11H2,1-4H3,(H2,22,27)(H,23,29)(H,24,28)(H,25,30)/t16-,17-/m0/s1. The van der Waals surface area contributed by atoms with E-state index in [0.717, 1.165) is 0 Å². The van der Waals surface area contributed by atoms with Gasteiger partial charge in [-0.2, -0.15) is 0 Å². The third kappa shape index (κ3) is 8.93. The van der Waals surface area contributed by atoms with Crippen molar-refractivity contribution in [2.45, 2.75) is 52.6 Å². The highest BCUT2D eigenvalue weighted by atomic mass is 16.3. The zero-order chi connectivity index (χ0) is 22.8. The Morgan fingerprint density at radius 3 is 1.97 bits per heavy atom. The van der Waals surface area contributed by atoms with Gasteiger partial charge < -0.3 is 26.8 Å². The predicted octanol–water partition coefficient (Wildman–Crippen LogP) is 0.208. The normalized spacial score (nSPS) is 12.9. The maximum absolute atomic E-state index is 12.9. The van der Waals surface area contributed by atoms with Gasteiger partial charge in [-0.15, -0.1) is 0 Å². The van der Waals surface area contributed by atoms with Crippen molar-refractivity contribution in [2.24, 2.45) is 17.6 Å². The Morgan fingerprint density at radius 1 is 0.900 bits per heavy atom. The maximum atomic E-state index is 12.9. The molecule has 0 fully saturated rings. The van der Waals surface area contributed by atoms with Crippen molar-refractivity contribution in [3.8, 4) is 5.75 Å². The van der Waals surface area contributed by atoms with Gasteiger partial charge in [0, 0.05) is 12.3 Å². The Morgan fingerprint density at radius 2 is 1.47 bits per heavy atom. The molecule has 9 heteroatoms. The molecule has 1 aromatic carbocycles. The van der Waals surface area contributed by atoms with Crippen molar-refractivity contribution in [1.29, 1.82) is 0 Å². The number of amides is 4. The maximum Gasteiger partial charge on any atom is 0.243 e. The molecule has 0 saturated heterocycles. The molecule has 0 radical (unpaired) electrons. The molecule has 0 aliphatic rings. The molecule has 0 unspecified atom stereocenters. The molecule has 4 amide bonds. The summed E-state index contributed by atoms with van der Waals surface area (Å²) in [5.41, 5.74) is 5.77. The number of hydrogen-bond acceptors (Lipinski definition) is 5. The molecule has 30 heavy (non-hydrogen) atoms. The summed E-state index contributed by atoms with van der Waals surface area (Å²) in [4.78, 5) is 48.6. The van der Waals surface area contributed by atoms with E-state index in [9.17, 15) is 24.3 Å². The zero-order valence-electron chi connectivity index (χ0n) is 17.9. The van der Waals surface area contributed by atoms with Gasteiger partial charge in [0.2, 0.25) is 23.6 Å². The lowest BCUT2D eigenvalue weighted by atomic mass is 10.0. The van der Waals surface area contributed by atoms with E-state index in [2.05, 4.69) is 16.0 Å². The van der Waals surface area contributed by atoms with E-state index in [0.29, 0.717) is 12.0 Å². The molecule has 6 N–H and O–H groups in total. The molecule has 9 nitrogen and oxygen atoms in total. The Bertz CT molecular complexity index is 746. The first-order valence-electron chi connectivity index (χ1n) is 9.94. The van der Waals surface area contributed by atoms with Crippen molar-refractivity contribution in [3.63, 3.8) is 0 Å². The van der Waals surface area contributed by atoms with E-state index >= 15 is 0 Å². The van der Waals surface area contributed by atoms with E-state index in [-0.39, 0.29) is 36.5 Å². The predicted molar refractivity (Wildman–Crippen MR) is 112 cm³/mol. The van der Waals surface area contributed by atoms with Crippen LogP contribution in [0.2, 0.25) is 0 Å². The van der Waals surface area contributed by atoms with Crippen LogP contribution >= 0.6 is 0 Å². The van der Waals surface area contributed by atoms with E-state index in [1.807, 2.05) is 13.8 Å². The van der Waals surface area contributed by atoms with E-state index in [1.54, 1.807) is 26.0 Å². The summed E-state index contributed by atoms with van der Waals surface area (Å²) in [7, 11) is 0. The largest absolute Gasteiger partial charge is 0.508 e. The second-order valence-electron chi connectivity index (χ2n) is 7.96. The monoisotopic (exact) mass is 420 g/mol. The van der Waals surface area contributed by atoms with Crippen LogP contribution in [0.25, 0.3) is 0 Å². The Kier molecular flexibility index (Phi) is 9.80. The molecule has 1 rings (SSSR count). The summed E-state index contributed by atoms with van der Waals surface area (Å²) in [6.45, 7) is 6.94. The average Bonchev–Trinajstić information content (AvgIpc) is 2.66. The van der Waals surface area contributed by atoms with Crippen molar-refractivity contribution >= 4 is 23.6 Å². The number of phenolic OH excluding ortho intramolecular Hbond substituents is 1. The topological polar surface area (TPSA) is 151 Å². The van der Waals surface area contributed by atoms with E-state index in [1.165, 1.54) is 12.1 Å². The summed E-state index contributed by atoms with van der Waals surface area (Å²) >= 11 is 0. The molecule has 0 aliphatic carbocycles. The van der Waals surface area contributed by atoms with Gasteiger partial charge in [-0.1, -0.05) is 39.8 Å². The fourth-order valence-electron chi connectivity index (χ4n) is 2.69. The summed E-state index contributed by atoms with van der Waals surface area (Å²) in [6, 6.07) is 4.40. The van der Waals surface area contributed by atoms with Crippen molar-refractivity contribution in [3.05, 3.63) is 29.8 Å². The molecule has 0 spiro atoms. The van der Waals surface area contributed by atoms with Crippen LogP contribution < -0.4 is 21.7 Å². The lowest BCUT2D eigenvalue weighted by Crippen LogP contribution is -2.55. The van der Waals surface area contributed by atoms with Crippen LogP contribution in [0.1, 0.15) is 39.7 Å². The van der Waals surface area contributed by atoms with Crippen LogP contribution in [0.3, 0.4) is 0 Å². The first-order chi connectivity index (χ1) is 14.0. The van der Waals surface area contributed by atoms with E-state index < -0.39 is 29.8 Å². The lowest BCUT2D eigenvalue weighted by Gasteiger charge is -2.25. The second-order valence-corrected chi connectivity index (χ2v) is 7.96. The van der Waals surface area contributed by atoms with Gasteiger partial charge in [0.25, 0.3) is 0 Å². The highest BCUT2D eigenvalue weighted by Crippen LogP contribution is 2.12. The molecule has 0 heterocycles. The van der Waals surface area contributed by atoms with Crippen molar-refractivity contribution in [1.82, 2.24) is 16.0 Å². The Balaban J connectivity index is 3.00. The number of nitrogens with two attached hydrogens (primary N) is 1. The minimum atomic E-state index is -0.994. The van der Waals surface area contributed by atoms with Gasteiger partial charge in [0.1, 0.15) is 17.8 Å². The molecule has 2 atom stereocenters. The number of primary amides is 1. The smallest absolute Gasteiger partial charge is 0.243 e. The van der Waals surface area contributed by atoms with Crippen molar-refractivity contribution in [2.75, 3.05) is 6.54 Å². The molecule has 0 aliphatic heterocycles. The number of carbonyl (C=O) groups is 4. The van der Waals surface area contributed by atoms with Gasteiger partial charge in [-0.3, -0.25) is 19.2 Å². The highest BCUT2D eigenvalue weighted by molar-refractivity contribution is 5.93. The van der Waals surface area contributed by atoms with Gasteiger partial charge in [-0.25, -0.2) is 0 Å². The highest BCUT2D eigenvalue weighted by Gasteiger charge is 2.28. The molecular weight excluding hydrogens is 388 g/mol. The van der Waals surface area contributed by atoms with E-state index in [4.69, 9.17) is 5.73 Å². The van der Waals surface area contributed by atoms with Gasteiger partial charge in [0.05, 0.1) is 6.54 Å². The molecule has 0 aromatic heterocycles. The number of benzene rings is 1. The third-order valence-corrected chi connectivity index (χ3v) is 4.31. The number of carbonyl (C=O) groups excluding carboxylic acids is 4. The molecular formula is C21H32N4O5. The lowest BCUT2D eigenvalue weighted by molar-refractivity contribution is -0.133. The third-order valence-electron chi connectivity index (χ3n) is 4.31. The summed E-state index contributed by atoms with van der Waals surface area (Å²) in [5, 5.41) is 17.2. The fraction of sp³-hybridized carbons (Fsp3) is 0.524. The zero-order valence-corrected chi connectivity index (χ0v) is 17.9. The molecule has 166 valence electrons. The molecule has 0 saturated carbocycles. The number of phenols is 1. The molecule has 0 bridgehead atoms. The van der Waals surface area contributed by atoms with Crippen molar-refractivity contribution < 1.29 is 24.3 Å². The Labute approximate surface area is 176 Å². The quantitative estimate of drug-likeness (QED) is 0.347. The fourth-order valence-corrected chi connectivity index (χ4v) is 2.69. The first kappa shape index (κ1) is 24.9. The molecule has 1 aromatic rings. The summed E-state index contributed by atoms with van der Waals surface area (Å²) < 4.78 is 0. The number of hydrogen-bond donors (Lipinski definition) is 5. The van der Waals surface area contributed by atoms with Crippen LogP contribution in [0, 0.1) is 11.8 Å². The second kappa shape index (κ2) is 11.8. The SMILES string of the molecule is CC(C)C[C@H](NC(=O)C(C)C)C(=O)N[C@@H](Cc1ccc(O)cc1)C(=O)NCC(N)=O. The van der Waals surface area contributed by atoms with Crippen LogP contribution in [0.4, 0.5) is 0 Å². The van der Waals surface area contributed by atoms with Crippen LogP contribution in [0.15, 0.2) is 24.3 Å². The van der Waals surface area contributed by atoms with Crippen LogP contribution in [-0.4, -0.2) is 47.4 Å². The number of aromatic hydroxyl groups is 1. The van der Waals surface area contributed by atoms with Crippen LogP contribution in [-0.2, 0) is 25.6 Å². The summed E-state index contributed by atoms with van der Waals surface area (Å²) in [6.07, 6.45) is 0.530. The first-order valence-corrected chi connectivity index (χ1v) is 9.94. The minimum absolute atomic E-state index is 0.0749.